The molecule has 43 heavy (non-hydrogen) atoms. The van der Waals surface area contributed by atoms with Crippen LogP contribution < -0.4 is 16.0 Å². The highest BCUT2D eigenvalue weighted by atomic mass is 127. The first-order valence-corrected chi connectivity index (χ1v) is 16.0. The number of unbranched alkanes of at least 4 members (excludes halogenated alkanes) is 1. The maximum atomic E-state index is 12.6. The Labute approximate surface area is 266 Å². The molecule has 0 saturated heterocycles. The summed E-state index contributed by atoms with van der Waals surface area (Å²) in [4.78, 5) is 58.2. The Morgan fingerprint density at radius 3 is 1.88 bits per heavy atom. The minimum Gasteiger partial charge on any atom is -0.481 e. The van der Waals surface area contributed by atoms with Crippen molar-refractivity contribution in [2.45, 2.75) is 64.2 Å². The molecule has 2 rings (SSSR count). The predicted molar refractivity (Wildman–Crippen MR) is 171 cm³/mol. The quantitative estimate of drug-likeness (QED) is 0.0716. The van der Waals surface area contributed by atoms with Crippen molar-refractivity contribution in [3.8, 4) is 0 Å². The average molecular weight is 729 g/mol. The largest absolute Gasteiger partial charge is 0.481 e. The third-order valence-electron chi connectivity index (χ3n) is 6.34. The van der Waals surface area contributed by atoms with Gasteiger partial charge in [-0.3, -0.25) is 14.3 Å². The standard InChI is InChI=1S/C29H38IN4O8P/c1-19-5-7-20(8-6-19)16-34(17-21-9-11-22(30)12-10-21)43-18-25(35)31-15-3-2-4-23(27(38)39)32-29(42)33-24(28(40)41)13-14-26(36)37/h5-12,23-24,43H,2-4,13-18H2,1H3,(H,31,35)(H,36,37)(H,38,39)(H,40,41)(H2,32,33,42)/t23-,24-/m0/s1. The molecule has 2 aromatic rings. The number of benzene rings is 2. The fourth-order valence-corrected chi connectivity index (χ4v) is 5.42. The Morgan fingerprint density at radius 1 is 0.814 bits per heavy atom. The number of carbonyl (C=O) groups is 5. The Morgan fingerprint density at radius 2 is 1.35 bits per heavy atom. The van der Waals surface area contributed by atoms with E-state index in [0.29, 0.717) is 38.6 Å². The van der Waals surface area contributed by atoms with Gasteiger partial charge in [0.15, 0.2) is 0 Å². The van der Waals surface area contributed by atoms with Crippen LogP contribution in [0.5, 0.6) is 0 Å². The number of hydrogen-bond donors (Lipinski definition) is 6. The SMILES string of the molecule is Cc1ccc(CN(Cc2ccc(I)cc2)PCC(=O)NCCCC[C@H](NC(=O)N[C@@H](CCC(=O)O)C(=O)O)C(=O)O)cc1. The van der Waals surface area contributed by atoms with E-state index in [4.69, 9.17) is 10.2 Å². The van der Waals surface area contributed by atoms with Gasteiger partial charge in [0.2, 0.25) is 5.91 Å². The number of nitrogens with zero attached hydrogens (tertiary/aromatic N) is 1. The van der Waals surface area contributed by atoms with Gasteiger partial charge in [-0.1, -0.05) is 42.0 Å². The molecular weight excluding hydrogens is 690 g/mol. The van der Waals surface area contributed by atoms with E-state index >= 15 is 0 Å². The van der Waals surface area contributed by atoms with Gasteiger partial charge in [-0.2, -0.15) is 0 Å². The van der Waals surface area contributed by atoms with Crippen LogP contribution in [0.4, 0.5) is 4.79 Å². The Bertz CT molecular complexity index is 1180. The molecule has 0 bridgehead atoms. The van der Waals surface area contributed by atoms with Crippen molar-refractivity contribution in [1.82, 2.24) is 20.6 Å². The molecule has 0 aliphatic heterocycles. The number of aliphatic carboxylic acids is 3. The topological polar surface area (TPSA) is 185 Å². The summed E-state index contributed by atoms with van der Waals surface area (Å²) in [5.41, 5.74) is 3.51. The molecule has 3 atom stereocenters. The molecular formula is C29H38IN4O8P. The van der Waals surface area contributed by atoms with Crippen LogP contribution in [0, 0.1) is 10.5 Å². The van der Waals surface area contributed by atoms with E-state index in [1.807, 2.05) is 6.92 Å². The van der Waals surface area contributed by atoms with Crippen molar-refractivity contribution in [1.29, 1.82) is 0 Å². The summed E-state index contributed by atoms with van der Waals surface area (Å²) in [6.07, 6.45) is 0.437. The number of carboxylic acids is 3. The normalized spacial score (nSPS) is 12.5. The van der Waals surface area contributed by atoms with Crippen molar-refractivity contribution >= 4 is 61.2 Å². The molecule has 0 aliphatic rings. The summed E-state index contributed by atoms with van der Waals surface area (Å²) in [5, 5.41) is 34.5. The van der Waals surface area contributed by atoms with E-state index in [1.165, 1.54) is 5.56 Å². The van der Waals surface area contributed by atoms with Gasteiger partial charge in [0.25, 0.3) is 0 Å². The van der Waals surface area contributed by atoms with Gasteiger partial charge in [-0.25, -0.2) is 14.4 Å². The molecule has 234 valence electrons. The zero-order valence-electron chi connectivity index (χ0n) is 23.8. The predicted octanol–water partition coefficient (Wildman–Crippen LogP) is 3.55. The van der Waals surface area contributed by atoms with Crippen molar-refractivity contribution in [3.05, 3.63) is 68.8 Å². The van der Waals surface area contributed by atoms with E-state index in [-0.39, 0.29) is 27.5 Å². The molecule has 0 spiro atoms. The lowest BCUT2D eigenvalue weighted by atomic mass is 10.1. The molecule has 0 fully saturated rings. The van der Waals surface area contributed by atoms with Crippen molar-refractivity contribution in [2.75, 3.05) is 12.7 Å². The number of urea groups is 1. The first-order chi connectivity index (χ1) is 20.4. The van der Waals surface area contributed by atoms with Gasteiger partial charge in [0.05, 0.1) is 6.16 Å². The molecule has 0 heterocycles. The summed E-state index contributed by atoms with van der Waals surface area (Å²) < 4.78 is 3.40. The molecule has 0 aliphatic carbocycles. The minimum atomic E-state index is -1.47. The van der Waals surface area contributed by atoms with E-state index in [1.54, 1.807) is 0 Å². The second kappa shape index (κ2) is 19.1. The average Bonchev–Trinajstić information content (AvgIpc) is 2.95. The van der Waals surface area contributed by atoms with Gasteiger partial charge in [-0.15, -0.1) is 0 Å². The Kier molecular flexibility index (Phi) is 15.9. The van der Waals surface area contributed by atoms with Gasteiger partial charge in [0, 0.05) is 29.6 Å². The minimum absolute atomic E-state index is 0.0631. The fraction of sp³-hybridized carbons (Fsp3) is 0.414. The van der Waals surface area contributed by atoms with Gasteiger partial charge in [0.1, 0.15) is 12.1 Å². The number of amides is 3. The lowest BCUT2D eigenvalue weighted by Gasteiger charge is -2.22. The number of aryl methyl sites for hydroxylation is 1. The van der Waals surface area contributed by atoms with Crippen LogP contribution in [0.25, 0.3) is 0 Å². The highest BCUT2D eigenvalue weighted by molar-refractivity contribution is 14.1. The third-order valence-corrected chi connectivity index (χ3v) is 8.30. The Balaban J connectivity index is 1.78. The fourth-order valence-electron chi connectivity index (χ4n) is 3.98. The van der Waals surface area contributed by atoms with Gasteiger partial charge in [-0.05, 0) is 87.2 Å². The van der Waals surface area contributed by atoms with Crippen LogP contribution in [-0.2, 0) is 32.3 Å². The molecule has 12 nitrogen and oxygen atoms in total. The van der Waals surface area contributed by atoms with Crippen molar-refractivity contribution in [2.24, 2.45) is 0 Å². The third kappa shape index (κ3) is 15.1. The summed E-state index contributed by atoms with van der Waals surface area (Å²) in [5.74, 6) is -4.04. The first kappa shape index (κ1) is 35.9. The molecule has 6 N–H and O–H groups in total. The first-order valence-electron chi connectivity index (χ1n) is 13.7. The smallest absolute Gasteiger partial charge is 0.326 e. The van der Waals surface area contributed by atoms with Crippen LogP contribution in [0.3, 0.4) is 0 Å². The molecule has 1 unspecified atom stereocenters. The van der Waals surface area contributed by atoms with E-state index < -0.39 is 42.4 Å². The van der Waals surface area contributed by atoms with Crippen LogP contribution in [-0.4, -0.2) is 74.6 Å². The highest BCUT2D eigenvalue weighted by Gasteiger charge is 2.24. The molecule has 0 radical (unpaired) electrons. The van der Waals surface area contributed by atoms with E-state index in [2.05, 4.69) is 91.7 Å². The lowest BCUT2D eigenvalue weighted by molar-refractivity contribution is -0.140. The zero-order chi connectivity index (χ0) is 31.8. The monoisotopic (exact) mass is 728 g/mol. The number of carboxylic acid groups (broad SMARTS) is 3. The van der Waals surface area contributed by atoms with Crippen molar-refractivity contribution in [3.63, 3.8) is 0 Å². The zero-order valence-corrected chi connectivity index (χ0v) is 27.0. The van der Waals surface area contributed by atoms with E-state index in [0.717, 1.165) is 14.7 Å². The van der Waals surface area contributed by atoms with Crippen LogP contribution in [0.2, 0.25) is 0 Å². The summed E-state index contributed by atoms with van der Waals surface area (Å²) in [6.45, 7) is 3.80. The molecule has 0 aromatic heterocycles. The maximum absolute atomic E-state index is 12.6. The van der Waals surface area contributed by atoms with Gasteiger partial charge >= 0.3 is 23.9 Å². The molecule has 0 saturated carbocycles. The number of halogens is 1. The summed E-state index contributed by atoms with van der Waals surface area (Å²) in [6, 6.07) is 12.8. The second-order valence-corrected chi connectivity index (χ2v) is 12.5. The van der Waals surface area contributed by atoms with Crippen LogP contribution >= 0.6 is 31.3 Å². The van der Waals surface area contributed by atoms with E-state index in [9.17, 15) is 29.1 Å². The van der Waals surface area contributed by atoms with Crippen LogP contribution in [0.1, 0.15) is 48.8 Å². The molecule has 14 heteroatoms. The molecule has 3 amide bonds. The number of carbonyl (C=O) groups excluding carboxylic acids is 2. The lowest BCUT2D eigenvalue weighted by Crippen LogP contribution is -2.51. The Hall–Kier alpha value is -3.29. The summed E-state index contributed by atoms with van der Waals surface area (Å²) in [7, 11) is 0.258. The highest BCUT2D eigenvalue weighted by Crippen LogP contribution is 2.24. The summed E-state index contributed by atoms with van der Waals surface area (Å²) >= 11 is 2.27. The molecule has 2 aromatic carbocycles. The van der Waals surface area contributed by atoms with Crippen molar-refractivity contribution < 1.29 is 39.3 Å². The number of rotatable bonds is 19. The maximum Gasteiger partial charge on any atom is 0.326 e. The number of hydrogen-bond acceptors (Lipinski definition) is 6. The van der Waals surface area contributed by atoms with Gasteiger partial charge < -0.3 is 31.3 Å². The van der Waals surface area contributed by atoms with Crippen LogP contribution in [0.15, 0.2) is 48.5 Å². The second-order valence-electron chi connectivity index (χ2n) is 9.98. The number of nitrogens with one attached hydrogen (secondary N) is 3.